The third-order valence-electron chi connectivity index (χ3n) is 4.13. The van der Waals surface area contributed by atoms with Crippen LogP contribution in [-0.4, -0.2) is 34.5 Å². The van der Waals surface area contributed by atoms with Crippen LogP contribution in [-0.2, 0) is 16.1 Å². The van der Waals surface area contributed by atoms with Crippen LogP contribution in [0.3, 0.4) is 0 Å². The highest BCUT2D eigenvalue weighted by Gasteiger charge is 2.35. The molecule has 0 unspecified atom stereocenters. The molecule has 0 bridgehead atoms. The van der Waals surface area contributed by atoms with Crippen molar-refractivity contribution in [3.8, 4) is 0 Å². The normalized spacial score (nSPS) is 16.5. The maximum atomic E-state index is 12.5. The minimum atomic E-state index is -0.523. The summed E-state index contributed by atoms with van der Waals surface area (Å²) in [6, 6.07) is 14.4. The number of amides is 2. The van der Waals surface area contributed by atoms with Gasteiger partial charge in [0.25, 0.3) is 0 Å². The molecule has 6 heteroatoms. The van der Waals surface area contributed by atoms with E-state index in [0.717, 1.165) is 17.7 Å². The lowest BCUT2D eigenvalue weighted by Gasteiger charge is -2.23. The van der Waals surface area contributed by atoms with Crippen molar-refractivity contribution in [2.24, 2.45) is 0 Å². The molecule has 2 heterocycles. The number of hydrogen-bond donors (Lipinski definition) is 1. The van der Waals surface area contributed by atoms with Gasteiger partial charge in [0.05, 0.1) is 0 Å². The fraction of sp³-hybridized carbons (Fsp3) is 0.316. The van der Waals surface area contributed by atoms with Gasteiger partial charge in [-0.1, -0.05) is 36.4 Å². The van der Waals surface area contributed by atoms with Gasteiger partial charge >= 0.3 is 6.09 Å². The molecule has 0 saturated carbocycles. The van der Waals surface area contributed by atoms with Crippen molar-refractivity contribution in [1.82, 2.24) is 9.88 Å². The van der Waals surface area contributed by atoms with E-state index in [4.69, 9.17) is 4.74 Å². The Morgan fingerprint density at radius 1 is 1.20 bits per heavy atom. The van der Waals surface area contributed by atoms with Crippen LogP contribution in [0.2, 0.25) is 0 Å². The van der Waals surface area contributed by atoms with Crippen molar-refractivity contribution < 1.29 is 14.3 Å². The van der Waals surface area contributed by atoms with E-state index in [9.17, 15) is 9.59 Å². The number of carbonyl (C=O) groups is 2. The molecule has 1 aliphatic rings. The van der Waals surface area contributed by atoms with Crippen LogP contribution in [0.1, 0.15) is 24.1 Å². The zero-order chi connectivity index (χ0) is 17.6. The Hall–Kier alpha value is -2.89. The Bertz CT molecular complexity index is 749. The molecule has 1 saturated heterocycles. The highest BCUT2D eigenvalue weighted by Crippen LogP contribution is 2.20. The number of ether oxygens (including phenoxy) is 1. The number of hydrogen-bond acceptors (Lipinski definition) is 4. The molecule has 25 heavy (non-hydrogen) atoms. The number of benzene rings is 1. The van der Waals surface area contributed by atoms with Gasteiger partial charge in [0.2, 0.25) is 5.91 Å². The van der Waals surface area contributed by atoms with Crippen LogP contribution < -0.4 is 5.32 Å². The van der Waals surface area contributed by atoms with Crippen LogP contribution in [0, 0.1) is 6.92 Å². The largest absolute Gasteiger partial charge is 0.445 e. The minimum Gasteiger partial charge on any atom is -0.445 e. The zero-order valence-corrected chi connectivity index (χ0v) is 14.1. The van der Waals surface area contributed by atoms with Gasteiger partial charge in [-0.3, -0.25) is 9.69 Å². The van der Waals surface area contributed by atoms with Gasteiger partial charge in [0.1, 0.15) is 18.5 Å². The van der Waals surface area contributed by atoms with E-state index in [-0.39, 0.29) is 12.5 Å². The van der Waals surface area contributed by atoms with E-state index in [1.165, 1.54) is 4.90 Å². The molecule has 0 radical (unpaired) electrons. The van der Waals surface area contributed by atoms with Crippen LogP contribution in [0.4, 0.5) is 10.6 Å². The lowest BCUT2D eigenvalue weighted by atomic mass is 10.2. The number of pyridine rings is 1. The van der Waals surface area contributed by atoms with E-state index in [0.29, 0.717) is 18.8 Å². The second-order valence-corrected chi connectivity index (χ2v) is 6.05. The van der Waals surface area contributed by atoms with Crippen molar-refractivity contribution in [1.29, 1.82) is 0 Å². The third-order valence-corrected chi connectivity index (χ3v) is 4.13. The topological polar surface area (TPSA) is 71.5 Å². The van der Waals surface area contributed by atoms with Gasteiger partial charge in [0, 0.05) is 12.2 Å². The Morgan fingerprint density at radius 3 is 2.76 bits per heavy atom. The molecule has 2 aromatic rings. The van der Waals surface area contributed by atoms with Crippen molar-refractivity contribution in [2.45, 2.75) is 32.4 Å². The lowest BCUT2D eigenvalue weighted by molar-refractivity contribution is -0.120. The summed E-state index contributed by atoms with van der Waals surface area (Å²) in [6.07, 6.45) is 0.941. The first-order valence-electron chi connectivity index (χ1n) is 8.35. The molecule has 3 rings (SSSR count). The second-order valence-electron chi connectivity index (χ2n) is 6.05. The highest BCUT2D eigenvalue weighted by molar-refractivity contribution is 5.96. The Labute approximate surface area is 146 Å². The molecule has 0 spiro atoms. The summed E-state index contributed by atoms with van der Waals surface area (Å²) < 4.78 is 5.35. The van der Waals surface area contributed by atoms with Crippen molar-refractivity contribution in [3.05, 3.63) is 59.8 Å². The Balaban J connectivity index is 1.59. The monoisotopic (exact) mass is 339 g/mol. The highest BCUT2D eigenvalue weighted by atomic mass is 16.6. The molecule has 1 atom stereocenters. The number of carbonyl (C=O) groups excluding carboxylic acids is 2. The quantitative estimate of drug-likeness (QED) is 0.929. The molecule has 1 N–H and O–H groups in total. The number of aromatic nitrogens is 1. The van der Waals surface area contributed by atoms with E-state index < -0.39 is 12.1 Å². The van der Waals surface area contributed by atoms with E-state index >= 15 is 0 Å². The maximum Gasteiger partial charge on any atom is 0.410 e. The van der Waals surface area contributed by atoms with Gasteiger partial charge in [-0.15, -0.1) is 0 Å². The molecular weight excluding hydrogens is 318 g/mol. The Kier molecular flexibility index (Phi) is 5.28. The van der Waals surface area contributed by atoms with Gasteiger partial charge in [-0.05, 0) is 37.5 Å². The number of aryl methyl sites for hydroxylation is 1. The SMILES string of the molecule is Cc1cccc(NC(=O)[C@H]2CCCN2C(=O)OCc2ccccc2)n1. The molecule has 2 amide bonds. The molecule has 1 fully saturated rings. The predicted octanol–water partition coefficient (Wildman–Crippen LogP) is 3.13. The first-order valence-corrected chi connectivity index (χ1v) is 8.35. The molecular formula is C19H21N3O3. The summed E-state index contributed by atoms with van der Waals surface area (Å²) in [5, 5.41) is 2.78. The molecule has 130 valence electrons. The summed E-state index contributed by atoms with van der Waals surface area (Å²) in [6.45, 7) is 2.58. The van der Waals surface area contributed by atoms with E-state index in [2.05, 4.69) is 10.3 Å². The summed E-state index contributed by atoms with van der Waals surface area (Å²) in [5.74, 6) is 0.266. The summed E-state index contributed by atoms with van der Waals surface area (Å²) in [7, 11) is 0. The van der Waals surface area contributed by atoms with Crippen LogP contribution in [0.15, 0.2) is 48.5 Å². The minimum absolute atomic E-state index is 0.198. The van der Waals surface area contributed by atoms with Crippen LogP contribution in [0.25, 0.3) is 0 Å². The van der Waals surface area contributed by atoms with Gasteiger partial charge < -0.3 is 10.1 Å². The number of rotatable bonds is 4. The van der Waals surface area contributed by atoms with Gasteiger partial charge in [-0.25, -0.2) is 9.78 Å². The first kappa shape index (κ1) is 17.0. The number of nitrogens with one attached hydrogen (secondary N) is 1. The number of likely N-dealkylation sites (tertiary alicyclic amines) is 1. The van der Waals surface area contributed by atoms with Crippen LogP contribution in [0.5, 0.6) is 0 Å². The number of nitrogens with zero attached hydrogens (tertiary/aromatic N) is 2. The van der Waals surface area contributed by atoms with Crippen molar-refractivity contribution in [2.75, 3.05) is 11.9 Å². The Morgan fingerprint density at radius 2 is 2.00 bits per heavy atom. The van der Waals surface area contributed by atoms with Gasteiger partial charge in [0.15, 0.2) is 0 Å². The molecule has 1 aliphatic heterocycles. The lowest BCUT2D eigenvalue weighted by Crippen LogP contribution is -2.43. The van der Waals surface area contributed by atoms with Gasteiger partial charge in [-0.2, -0.15) is 0 Å². The van der Waals surface area contributed by atoms with E-state index in [1.807, 2.05) is 49.4 Å². The average Bonchev–Trinajstić information content (AvgIpc) is 3.10. The third kappa shape index (κ3) is 4.35. The predicted molar refractivity (Wildman–Crippen MR) is 94.0 cm³/mol. The zero-order valence-electron chi connectivity index (χ0n) is 14.1. The van der Waals surface area contributed by atoms with Crippen molar-refractivity contribution in [3.63, 3.8) is 0 Å². The summed E-state index contributed by atoms with van der Waals surface area (Å²) in [4.78, 5) is 30.6. The van der Waals surface area contributed by atoms with Crippen molar-refractivity contribution >= 4 is 17.8 Å². The fourth-order valence-electron chi connectivity index (χ4n) is 2.88. The summed E-state index contributed by atoms with van der Waals surface area (Å²) >= 11 is 0. The molecule has 6 nitrogen and oxygen atoms in total. The number of anilines is 1. The molecule has 0 aliphatic carbocycles. The summed E-state index contributed by atoms with van der Waals surface area (Å²) in [5.41, 5.74) is 1.74. The fourth-order valence-corrected chi connectivity index (χ4v) is 2.88. The standard InChI is InChI=1S/C19H21N3O3/c1-14-7-5-11-17(20-14)21-18(23)16-10-6-12-22(16)19(24)25-13-15-8-3-2-4-9-15/h2-5,7-9,11,16H,6,10,12-13H2,1H3,(H,20,21,23)/t16-/m1/s1. The second kappa shape index (κ2) is 7.79. The molecule has 1 aromatic heterocycles. The van der Waals surface area contributed by atoms with E-state index in [1.54, 1.807) is 6.07 Å². The average molecular weight is 339 g/mol. The first-order chi connectivity index (χ1) is 12.1. The smallest absolute Gasteiger partial charge is 0.410 e. The maximum absolute atomic E-state index is 12.5. The molecule has 1 aromatic carbocycles. The van der Waals surface area contributed by atoms with Crippen LogP contribution >= 0.6 is 0 Å².